The minimum Gasteiger partial charge on any atom is -0.348 e. The second kappa shape index (κ2) is 8.44. The van der Waals surface area contributed by atoms with Crippen LogP contribution in [0.3, 0.4) is 0 Å². The molecule has 0 saturated heterocycles. The van der Waals surface area contributed by atoms with E-state index in [1.807, 2.05) is 59.4 Å². The largest absolute Gasteiger partial charge is 0.348 e. The number of carbonyl (C=O) groups excluding carboxylic acids is 1. The summed E-state index contributed by atoms with van der Waals surface area (Å²) in [7, 11) is 0. The number of carbonyl (C=O) groups is 1. The molecule has 4 nitrogen and oxygen atoms in total. The second-order valence-corrected chi connectivity index (χ2v) is 6.40. The van der Waals surface area contributed by atoms with Crippen LogP contribution in [-0.4, -0.2) is 15.7 Å². The lowest BCUT2D eigenvalue weighted by molar-refractivity contribution is -0.116. The predicted molar refractivity (Wildman–Crippen MR) is 103 cm³/mol. The van der Waals surface area contributed by atoms with Crippen LogP contribution in [0.4, 0.5) is 0 Å². The molecule has 5 heteroatoms. The number of hydrogen-bond acceptors (Lipinski definition) is 2. The van der Waals surface area contributed by atoms with Crippen molar-refractivity contribution >= 4 is 27.9 Å². The highest BCUT2D eigenvalue weighted by molar-refractivity contribution is 9.10. The van der Waals surface area contributed by atoms with Crippen LogP contribution in [0.15, 0.2) is 77.5 Å². The van der Waals surface area contributed by atoms with E-state index in [1.54, 1.807) is 18.3 Å². The number of halogens is 1. The highest BCUT2D eigenvalue weighted by atomic mass is 79.9. The van der Waals surface area contributed by atoms with Gasteiger partial charge in [-0.05, 0) is 34.9 Å². The molecule has 0 spiro atoms. The summed E-state index contributed by atoms with van der Waals surface area (Å²) in [6.45, 7) is 1.17. The Morgan fingerprint density at radius 3 is 2.60 bits per heavy atom. The number of amides is 1. The average Bonchev–Trinajstić information content (AvgIpc) is 3.13. The van der Waals surface area contributed by atoms with Crippen LogP contribution in [0.1, 0.15) is 16.7 Å². The molecule has 0 bridgehead atoms. The van der Waals surface area contributed by atoms with Gasteiger partial charge in [0.15, 0.2) is 0 Å². The Hall–Kier alpha value is -2.66. The van der Waals surface area contributed by atoms with Gasteiger partial charge in [0.2, 0.25) is 5.91 Å². The summed E-state index contributed by atoms with van der Waals surface area (Å²) in [5, 5.41) is 7.17. The third kappa shape index (κ3) is 4.90. The van der Waals surface area contributed by atoms with Crippen molar-refractivity contribution in [3.05, 3.63) is 94.2 Å². The van der Waals surface area contributed by atoms with Gasteiger partial charge in [-0.2, -0.15) is 5.10 Å². The summed E-state index contributed by atoms with van der Waals surface area (Å²) < 4.78 is 2.83. The second-order valence-electron chi connectivity index (χ2n) is 5.55. The Morgan fingerprint density at radius 2 is 1.84 bits per heavy atom. The smallest absolute Gasteiger partial charge is 0.244 e. The first-order chi connectivity index (χ1) is 12.2. The van der Waals surface area contributed by atoms with Gasteiger partial charge >= 0.3 is 0 Å². The Labute approximate surface area is 155 Å². The number of nitrogens with one attached hydrogen (secondary N) is 1. The van der Waals surface area contributed by atoms with Crippen LogP contribution >= 0.6 is 15.9 Å². The number of hydrogen-bond donors (Lipinski definition) is 1. The van der Waals surface area contributed by atoms with Gasteiger partial charge in [0.1, 0.15) is 0 Å². The van der Waals surface area contributed by atoms with Crippen LogP contribution < -0.4 is 5.32 Å². The first kappa shape index (κ1) is 17.2. The molecule has 126 valence electrons. The summed E-state index contributed by atoms with van der Waals surface area (Å²) in [4.78, 5) is 12.1. The maximum atomic E-state index is 12.1. The summed E-state index contributed by atoms with van der Waals surface area (Å²) in [5.74, 6) is -0.121. The summed E-state index contributed by atoms with van der Waals surface area (Å²) in [5.41, 5.74) is 3.19. The molecule has 0 unspecified atom stereocenters. The van der Waals surface area contributed by atoms with Crippen molar-refractivity contribution in [3.8, 4) is 0 Å². The van der Waals surface area contributed by atoms with Gasteiger partial charge in [-0.25, -0.2) is 0 Å². The topological polar surface area (TPSA) is 46.9 Å². The molecular weight excluding hydrogens is 378 g/mol. The van der Waals surface area contributed by atoms with Crippen LogP contribution in [0.25, 0.3) is 6.08 Å². The van der Waals surface area contributed by atoms with Crippen molar-refractivity contribution in [3.63, 3.8) is 0 Å². The fourth-order valence-corrected chi connectivity index (χ4v) is 2.89. The fourth-order valence-electron chi connectivity index (χ4n) is 2.47. The monoisotopic (exact) mass is 395 g/mol. The molecule has 0 fully saturated rings. The molecule has 3 rings (SSSR count). The van der Waals surface area contributed by atoms with Gasteiger partial charge in [0.25, 0.3) is 0 Å². The molecule has 1 aromatic heterocycles. The van der Waals surface area contributed by atoms with Crippen molar-refractivity contribution in [2.75, 3.05) is 0 Å². The van der Waals surface area contributed by atoms with Gasteiger partial charge in [-0.15, -0.1) is 0 Å². The van der Waals surface area contributed by atoms with Gasteiger partial charge in [0.05, 0.1) is 6.54 Å². The standard InChI is InChI=1S/C20H18BrN3O/c21-19-9-4-3-6-16(19)10-11-20(25)22-14-17-7-1-2-8-18(17)15-24-13-5-12-23-24/h1-13H,14-15H2,(H,22,25). The lowest BCUT2D eigenvalue weighted by atomic mass is 10.1. The molecular formula is C20H18BrN3O. The molecule has 1 heterocycles. The number of benzene rings is 2. The summed E-state index contributed by atoms with van der Waals surface area (Å²) >= 11 is 3.47. The SMILES string of the molecule is O=C(C=Cc1ccccc1Br)NCc1ccccc1Cn1cccn1. The van der Waals surface area contributed by atoms with Crippen molar-refractivity contribution in [2.24, 2.45) is 0 Å². The molecule has 0 aliphatic heterocycles. The molecule has 1 amide bonds. The molecule has 0 atom stereocenters. The van der Waals surface area contributed by atoms with E-state index in [0.29, 0.717) is 13.1 Å². The predicted octanol–water partition coefficient (Wildman–Crippen LogP) is 4.02. The molecule has 0 radical (unpaired) electrons. The Morgan fingerprint density at radius 1 is 1.08 bits per heavy atom. The van der Waals surface area contributed by atoms with Gasteiger partial charge in [0, 0.05) is 29.5 Å². The molecule has 0 saturated carbocycles. The van der Waals surface area contributed by atoms with Crippen molar-refractivity contribution < 1.29 is 4.79 Å². The summed E-state index contributed by atoms with van der Waals surface area (Å²) in [6, 6.07) is 17.7. The fraction of sp³-hybridized carbons (Fsp3) is 0.100. The molecule has 0 aliphatic rings. The quantitative estimate of drug-likeness (QED) is 0.640. The van der Waals surface area contributed by atoms with Crippen molar-refractivity contribution in [2.45, 2.75) is 13.1 Å². The Bertz CT molecular complexity index is 872. The summed E-state index contributed by atoms with van der Waals surface area (Å²) in [6.07, 6.45) is 7.04. The molecule has 1 N–H and O–H groups in total. The minimum absolute atomic E-state index is 0.121. The van der Waals surface area contributed by atoms with Gasteiger partial charge in [-0.3, -0.25) is 9.48 Å². The minimum atomic E-state index is -0.121. The number of nitrogens with zero attached hydrogens (tertiary/aromatic N) is 2. The molecule has 3 aromatic rings. The first-order valence-corrected chi connectivity index (χ1v) is 8.76. The number of aromatic nitrogens is 2. The van der Waals surface area contributed by atoms with E-state index in [2.05, 4.69) is 32.4 Å². The zero-order valence-corrected chi connectivity index (χ0v) is 15.2. The Kier molecular flexibility index (Phi) is 5.80. The van der Waals surface area contributed by atoms with Crippen LogP contribution in [0.2, 0.25) is 0 Å². The zero-order valence-electron chi connectivity index (χ0n) is 13.6. The zero-order chi connectivity index (χ0) is 17.5. The average molecular weight is 396 g/mol. The highest BCUT2D eigenvalue weighted by Crippen LogP contribution is 2.17. The van der Waals surface area contributed by atoms with Gasteiger partial charge in [-0.1, -0.05) is 58.4 Å². The van der Waals surface area contributed by atoms with Crippen molar-refractivity contribution in [1.29, 1.82) is 0 Å². The number of rotatable bonds is 6. The lowest BCUT2D eigenvalue weighted by Crippen LogP contribution is -2.21. The lowest BCUT2D eigenvalue weighted by Gasteiger charge is -2.10. The third-order valence-electron chi connectivity index (χ3n) is 3.78. The van der Waals surface area contributed by atoms with E-state index in [9.17, 15) is 4.79 Å². The molecule has 0 aliphatic carbocycles. The molecule has 2 aromatic carbocycles. The van der Waals surface area contributed by atoms with E-state index in [4.69, 9.17) is 0 Å². The maximum absolute atomic E-state index is 12.1. The van der Waals surface area contributed by atoms with E-state index < -0.39 is 0 Å². The van der Waals surface area contributed by atoms with Gasteiger partial charge < -0.3 is 5.32 Å². The van der Waals surface area contributed by atoms with Crippen LogP contribution in [0.5, 0.6) is 0 Å². The molecule has 25 heavy (non-hydrogen) atoms. The van der Waals surface area contributed by atoms with E-state index in [0.717, 1.165) is 21.2 Å². The first-order valence-electron chi connectivity index (χ1n) is 7.97. The van der Waals surface area contributed by atoms with Crippen LogP contribution in [-0.2, 0) is 17.9 Å². The van der Waals surface area contributed by atoms with E-state index >= 15 is 0 Å². The normalized spacial score (nSPS) is 10.9. The Balaban J connectivity index is 1.62. The van der Waals surface area contributed by atoms with E-state index in [1.165, 1.54) is 0 Å². The third-order valence-corrected chi connectivity index (χ3v) is 4.50. The van der Waals surface area contributed by atoms with Crippen molar-refractivity contribution in [1.82, 2.24) is 15.1 Å². The highest BCUT2D eigenvalue weighted by Gasteiger charge is 2.04. The van der Waals surface area contributed by atoms with Crippen LogP contribution in [0, 0.1) is 0 Å². The maximum Gasteiger partial charge on any atom is 0.244 e. The van der Waals surface area contributed by atoms with E-state index in [-0.39, 0.29) is 5.91 Å².